The van der Waals surface area contributed by atoms with Gasteiger partial charge < -0.3 is 10.6 Å². The number of nitrogens with one attached hydrogen (secondary N) is 2. The monoisotopic (exact) mass is 636 g/mol. The third-order valence-electron chi connectivity index (χ3n) is 7.24. The first-order chi connectivity index (χ1) is 21.8. The molecule has 46 heavy (non-hydrogen) atoms. The van der Waals surface area contributed by atoms with Gasteiger partial charge >= 0.3 is 12.4 Å². The van der Waals surface area contributed by atoms with Crippen LogP contribution in [0.25, 0.3) is 21.5 Å². The molecule has 0 saturated heterocycles. The fourth-order valence-electron chi connectivity index (χ4n) is 5.29. The van der Waals surface area contributed by atoms with Gasteiger partial charge in [-0.1, -0.05) is 72.8 Å². The molecule has 0 aliphatic rings. The van der Waals surface area contributed by atoms with Gasteiger partial charge in [0, 0.05) is 0 Å². The van der Waals surface area contributed by atoms with Crippen LogP contribution in [0.3, 0.4) is 0 Å². The van der Waals surface area contributed by atoms with E-state index >= 15 is 0 Å². The van der Waals surface area contributed by atoms with E-state index in [2.05, 4.69) is 10.6 Å². The SMILES string of the molecule is O=C(Cc1c2ccccc2c(CC(=O)Nc2ccccc2C(=O)C(F)(F)F)c2ccccc12)Nc1ccccc1C(=O)C(F)(F)F. The lowest BCUT2D eigenvalue weighted by atomic mass is 9.88. The highest BCUT2D eigenvalue weighted by molar-refractivity contribution is 6.13. The number of halogens is 6. The molecule has 0 radical (unpaired) electrons. The van der Waals surface area contributed by atoms with Crippen LogP contribution in [0, 0.1) is 0 Å². The number of fused-ring (bicyclic) bond motifs is 2. The Kier molecular flexibility index (Phi) is 8.64. The number of benzene rings is 5. The van der Waals surface area contributed by atoms with Gasteiger partial charge in [-0.15, -0.1) is 0 Å². The van der Waals surface area contributed by atoms with Crippen molar-refractivity contribution in [3.63, 3.8) is 0 Å². The summed E-state index contributed by atoms with van der Waals surface area (Å²) in [5, 5.41) is 7.01. The molecular formula is C34H22F6N2O4. The number of para-hydroxylation sites is 2. The van der Waals surface area contributed by atoms with Crippen LogP contribution in [-0.4, -0.2) is 35.7 Å². The van der Waals surface area contributed by atoms with E-state index in [9.17, 15) is 45.5 Å². The Labute approximate surface area is 257 Å². The van der Waals surface area contributed by atoms with Gasteiger partial charge in [0.05, 0.1) is 35.3 Å². The first-order valence-electron chi connectivity index (χ1n) is 13.7. The highest BCUT2D eigenvalue weighted by Crippen LogP contribution is 2.35. The quantitative estimate of drug-likeness (QED) is 0.103. The Morgan fingerprint density at radius 3 is 1.04 bits per heavy atom. The molecular weight excluding hydrogens is 614 g/mol. The van der Waals surface area contributed by atoms with Crippen LogP contribution in [0.4, 0.5) is 37.7 Å². The average Bonchev–Trinajstić information content (AvgIpc) is 3.01. The third kappa shape index (κ3) is 6.60. The molecule has 5 aromatic rings. The Bertz CT molecular complexity index is 1820. The Hall–Kier alpha value is -5.52. The summed E-state index contributed by atoms with van der Waals surface area (Å²) >= 11 is 0. The highest BCUT2D eigenvalue weighted by Gasteiger charge is 2.41. The molecule has 0 aliphatic heterocycles. The van der Waals surface area contributed by atoms with Gasteiger partial charge in [0.2, 0.25) is 11.8 Å². The molecule has 0 fully saturated rings. The molecule has 0 saturated carbocycles. The van der Waals surface area contributed by atoms with Crippen LogP contribution in [0.15, 0.2) is 97.1 Å². The second-order valence-electron chi connectivity index (χ2n) is 10.2. The van der Waals surface area contributed by atoms with Crippen LogP contribution >= 0.6 is 0 Å². The fourth-order valence-corrected chi connectivity index (χ4v) is 5.29. The topological polar surface area (TPSA) is 92.3 Å². The maximum Gasteiger partial charge on any atom is 0.454 e. The minimum Gasteiger partial charge on any atom is -0.325 e. The molecule has 12 heteroatoms. The van der Waals surface area contributed by atoms with E-state index in [1.165, 1.54) is 36.4 Å². The van der Waals surface area contributed by atoms with Crippen LogP contribution < -0.4 is 10.6 Å². The molecule has 0 aliphatic carbocycles. The number of hydrogen-bond acceptors (Lipinski definition) is 4. The van der Waals surface area contributed by atoms with Crippen LogP contribution in [0.2, 0.25) is 0 Å². The van der Waals surface area contributed by atoms with Crippen molar-refractivity contribution in [2.45, 2.75) is 25.2 Å². The fraction of sp³-hybridized carbons (Fsp3) is 0.118. The number of rotatable bonds is 8. The van der Waals surface area contributed by atoms with Crippen molar-refractivity contribution >= 4 is 56.3 Å². The zero-order chi connectivity index (χ0) is 33.2. The Morgan fingerprint density at radius 2 is 0.739 bits per heavy atom. The molecule has 0 bridgehead atoms. The molecule has 5 aromatic carbocycles. The number of Topliss-reactive ketones (excluding diaryl/α,β-unsaturated/α-hetero) is 2. The van der Waals surface area contributed by atoms with Crippen molar-refractivity contribution in [1.29, 1.82) is 0 Å². The lowest BCUT2D eigenvalue weighted by Crippen LogP contribution is -2.25. The first kappa shape index (κ1) is 31.9. The summed E-state index contributed by atoms with van der Waals surface area (Å²) in [6, 6.07) is 23.1. The minimum atomic E-state index is -5.15. The molecule has 0 aromatic heterocycles. The van der Waals surface area contributed by atoms with Crippen LogP contribution in [0.1, 0.15) is 31.8 Å². The van der Waals surface area contributed by atoms with E-state index in [0.717, 1.165) is 12.1 Å². The highest BCUT2D eigenvalue weighted by atomic mass is 19.4. The number of alkyl halides is 6. The molecule has 6 nitrogen and oxygen atoms in total. The molecule has 0 unspecified atom stereocenters. The second-order valence-corrected chi connectivity index (χ2v) is 10.2. The van der Waals surface area contributed by atoms with Crippen LogP contribution in [0.5, 0.6) is 0 Å². The summed E-state index contributed by atoms with van der Waals surface area (Å²) < 4.78 is 78.9. The molecule has 5 rings (SSSR count). The smallest absolute Gasteiger partial charge is 0.325 e. The molecule has 2 N–H and O–H groups in total. The van der Waals surface area contributed by atoms with Gasteiger partial charge in [0.15, 0.2) is 0 Å². The Balaban J connectivity index is 1.50. The summed E-state index contributed by atoms with van der Waals surface area (Å²) in [6.45, 7) is 0. The normalized spacial score (nSPS) is 11.8. The standard InChI is InChI=1S/C34H22F6N2O4/c35-33(36,37)31(45)23-13-5-7-15-27(23)41-29(43)17-25-19-9-1-2-10-20(19)26(22-12-4-3-11-21(22)25)18-30(44)42-28-16-8-6-14-24(28)32(46)34(38,39)40/h1-16H,17-18H2,(H,41,43)(H,42,44). The maximum atomic E-state index is 13.2. The first-order valence-corrected chi connectivity index (χ1v) is 13.7. The summed E-state index contributed by atoms with van der Waals surface area (Å²) in [5.74, 6) is -5.61. The van der Waals surface area contributed by atoms with E-state index in [-0.39, 0.29) is 24.2 Å². The van der Waals surface area contributed by atoms with Crippen molar-refractivity contribution in [3.05, 3.63) is 119 Å². The van der Waals surface area contributed by atoms with Crippen LogP contribution in [-0.2, 0) is 22.4 Å². The summed E-state index contributed by atoms with van der Waals surface area (Å²) in [7, 11) is 0. The van der Waals surface area contributed by atoms with Gasteiger partial charge in [-0.2, -0.15) is 26.3 Å². The maximum absolute atomic E-state index is 13.2. The molecule has 0 spiro atoms. The lowest BCUT2D eigenvalue weighted by molar-refractivity contribution is -0.116. The largest absolute Gasteiger partial charge is 0.454 e. The molecule has 0 atom stereocenters. The van der Waals surface area contributed by atoms with E-state index in [0.29, 0.717) is 32.7 Å². The van der Waals surface area contributed by atoms with Crippen molar-refractivity contribution in [2.75, 3.05) is 10.6 Å². The van der Waals surface area contributed by atoms with Gasteiger partial charge in [0.1, 0.15) is 0 Å². The Morgan fingerprint density at radius 1 is 0.457 bits per heavy atom. The zero-order valence-corrected chi connectivity index (χ0v) is 23.6. The average molecular weight is 637 g/mol. The number of hydrogen-bond donors (Lipinski definition) is 2. The minimum absolute atomic E-state index is 0.305. The number of ketones is 2. The summed E-state index contributed by atoms with van der Waals surface area (Å²) in [4.78, 5) is 50.4. The van der Waals surface area contributed by atoms with Gasteiger partial charge in [-0.05, 0) is 56.9 Å². The number of carbonyl (C=O) groups is 4. The van der Waals surface area contributed by atoms with Gasteiger partial charge in [-0.25, -0.2) is 0 Å². The molecule has 2 amide bonds. The number of amides is 2. The number of anilines is 2. The van der Waals surface area contributed by atoms with Gasteiger partial charge in [0.25, 0.3) is 11.6 Å². The molecule has 234 valence electrons. The van der Waals surface area contributed by atoms with E-state index in [4.69, 9.17) is 0 Å². The van der Waals surface area contributed by atoms with Gasteiger partial charge in [-0.3, -0.25) is 19.2 Å². The summed E-state index contributed by atoms with van der Waals surface area (Å²) in [6.07, 6.45) is -10.9. The molecule has 0 heterocycles. The summed E-state index contributed by atoms with van der Waals surface area (Å²) in [5.41, 5.74) is -1.04. The van der Waals surface area contributed by atoms with E-state index in [1.807, 2.05) is 0 Å². The van der Waals surface area contributed by atoms with E-state index < -0.39 is 46.9 Å². The van der Waals surface area contributed by atoms with Crippen molar-refractivity contribution in [3.8, 4) is 0 Å². The van der Waals surface area contributed by atoms with Crippen molar-refractivity contribution in [2.24, 2.45) is 0 Å². The second kappa shape index (κ2) is 12.5. The predicted molar refractivity (Wildman–Crippen MR) is 160 cm³/mol. The van der Waals surface area contributed by atoms with E-state index in [1.54, 1.807) is 48.5 Å². The predicted octanol–water partition coefficient (Wildman–Crippen LogP) is 7.85. The zero-order valence-electron chi connectivity index (χ0n) is 23.6. The van der Waals surface area contributed by atoms with Crippen molar-refractivity contribution in [1.82, 2.24) is 0 Å². The lowest BCUT2D eigenvalue weighted by Gasteiger charge is -2.18. The third-order valence-corrected chi connectivity index (χ3v) is 7.24. The van der Waals surface area contributed by atoms with Crippen molar-refractivity contribution < 1.29 is 45.5 Å². The number of carbonyl (C=O) groups excluding carboxylic acids is 4.